The van der Waals surface area contributed by atoms with E-state index >= 15 is 0 Å². The lowest BCUT2D eigenvalue weighted by Gasteiger charge is -2.50. The van der Waals surface area contributed by atoms with E-state index in [2.05, 4.69) is 6.92 Å². The van der Waals surface area contributed by atoms with Crippen LogP contribution >= 0.6 is 0 Å². The molecule has 0 aromatic rings. The number of esters is 2. The fraction of sp³-hybridized carbons (Fsp3) is 0.920. The van der Waals surface area contributed by atoms with Gasteiger partial charge in [-0.25, -0.2) is 4.79 Å². The lowest BCUT2D eigenvalue weighted by atomic mass is 9.87. The van der Waals surface area contributed by atoms with Gasteiger partial charge in [0.05, 0.1) is 25.2 Å². The zero-order valence-corrected chi connectivity index (χ0v) is 20.7. The van der Waals surface area contributed by atoms with E-state index in [-0.39, 0.29) is 12.8 Å². The molecule has 2 bridgehead atoms. The third-order valence-electron chi connectivity index (χ3n) is 6.84. The summed E-state index contributed by atoms with van der Waals surface area (Å²) in [6.07, 6.45) is 10.3. The smallest absolute Gasteiger partial charge is 0.380 e. The van der Waals surface area contributed by atoms with Crippen LogP contribution in [0.25, 0.3) is 0 Å². The number of aliphatic hydroxyl groups is 3. The minimum Gasteiger partial charge on any atom is -0.452 e. The zero-order valence-electron chi connectivity index (χ0n) is 20.7. The number of ether oxygens (including phenoxy) is 3. The molecule has 2 saturated heterocycles. The van der Waals surface area contributed by atoms with Gasteiger partial charge in [-0.2, -0.15) is 0 Å². The van der Waals surface area contributed by atoms with Gasteiger partial charge < -0.3 is 35.3 Å². The molecule has 0 saturated carbocycles. The Bertz CT molecular complexity index is 618. The maximum Gasteiger partial charge on any atom is 0.380 e. The fourth-order valence-electron chi connectivity index (χ4n) is 4.71. The zero-order chi connectivity index (χ0) is 25.0. The van der Waals surface area contributed by atoms with E-state index in [1.165, 1.54) is 57.8 Å². The van der Waals surface area contributed by atoms with Gasteiger partial charge in [-0.15, -0.1) is 0 Å². The van der Waals surface area contributed by atoms with Crippen molar-refractivity contribution in [1.82, 2.24) is 0 Å². The maximum atomic E-state index is 12.6. The topological polar surface area (TPSA) is 149 Å². The van der Waals surface area contributed by atoms with Gasteiger partial charge in [0.25, 0.3) is 0 Å². The van der Waals surface area contributed by atoms with Crippen LogP contribution in [0.1, 0.15) is 103 Å². The summed E-state index contributed by atoms with van der Waals surface area (Å²) in [7, 11) is 0. The summed E-state index contributed by atoms with van der Waals surface area (Å²) in [4.78, 5) is 25.0. The van der Waals surface area contributed by atoms with Gasteiger partial charge >= 0.3 is 17.7 Å². The van der Waals surface area contributed by atoms with Gasteiger partial charge in [-0.1, -0.05) is 84.0 Å². The molecule has 0 aromatic carbocycles. The van der Waals surface area contributed by atoms with Crippen LogP contribution in [0.2, 0.25) is 0 Å². The average Bonchev–Trinajstić information content (AvgIpc) is 2.81. The number of aliphatic hydroxyl groups excluding tert-OH is 3. The molecule has 0 aliphatic carbocycles. The number of cyclic esters (lactones) is 1. The summed E-state index contributed by atoms with van der Waals surface area (Å²) in [5.41, 5.74) is 5.94. The predicted molar refractivity (Wildman–Crippen MR) is 126 cm³/mol. The standard InChI is InChI=1S/C25H45NO8/c1-2-3-4-5-6-7-8-9-10-11-12-13-14-15-20(30)33-25-16-18(28)21(26)23(34-25)22(19(29)17-27)32-24(25)31/h18-19,21-23,27-29H,2-17,26H2,1H3/t18-,19+,21+,22+,23-,25-/m0/s1. The van der Waals surface area contributed by atoms with Crippen molar-refractivity contribution in [2.75, 3.05) is 6.61 Å². The molecule has 2 heterocycles. The first-order valence-corrected chi connectivity index (χ1v) is 13.2. The number of carbonyl (C=O) groups is 2. The first kappa shape index (κ1) is 29.0. The van der Waals surface area contributed by atoms with Crippen molar-refractivity contribution in [2.24, 2.45) is 5.73 Å². The van der Waals surface area contributed by atoms with E-state index < -0.39 is 54.8 Å². The summed E-state index contributed by atoms with van der Waals surface area (Å²) in [5, 5.41) is 29.4. The largest absolute Gasteiger partial charge is 0.452 e. The second kappa shape index (κ2) is 15.0. The Morgan fingerprint density at radius 3 is 2.12 bits per heavy atom. The molecule has 0 radical (unpaired) electrons. The monoisotopic (exact) mass is 487 g/mol. The quantitative estimate of drug-likeness (QED) is 0.179. The van der Waals surface area contributed by atoms with E-state index in [0.717, 1.165) is 19.3 Å². The molecule has 0 aromatic heterocycles. The van der Waals surface area contributed by atoms with Gasteiger partial charge in [0.1, 0.15) is 12.2 Å². The summed E-state index contributed by atoms with van der Waals surface area (Å²) >= 11 is 0. The van der Waals surface area contributed by atoms with Gasteiger partial charge in [0.15, 0.2) is 6.10 Å². The second-order valence-corrected chi connectivity index (χ2v) is 9.77. The number of rotatable bonds is 17. The highest BCUT2D eigenvalue weighted by atomic mass is 16.8. The third-order valence-corrected chi connectivity index (χ3v) is 6.84. The Kier molecular flexibility index (Phi) is 12.8. The fourth-order valence-corrected chi connectivity index (χ4v) is 4.71. The molecule has 198 valence electrons. The highest BCUT2D eigenvalue weighted by Gasteiger charge is 2.62. The Labute approximate surface area is 203 Å². The number of hydrogen-bond donors (Lipinski definition) is 4. The Morgan fingerprint density at radius 2 is 1.59 bits per heavy atom. The normalized spacial score (nSPS) is 29.5. The molecular formula is C25H45NO8. The number of carbonyl (C=O) groups excluding carboxylic acids is 2. The van der Waals surface area contributed by atoms with Crippen molar-refractivity contribution in [1.29, 1.82) is 0 Å². The van der Waals surface area contributed by atoms with E-state index in [1.807, 2.05) is 0 Å². The molecule has 2 rings (SSSR count). The molecule has 0 amide bonds. The Hall–Kier alpha value is -1.26. The third kappa shape index (κ3) is 8.45. The molecular weight excluding hydrogens is 442 g/mol. The van der Waals surface area contributed by atoms with Crippen LogP contribution in [0.15, 0.2) is 0 Å². The van der Waals surface area contributed by atoms with E-state index in [1.54, 1.807) is 0 Å². The van der Waals surface area contributed by atoms with Crippen molar-refractivity contribution in [2.45, 2.75) is 139 Å². The van der Waals surface area contributed by atoms with Gasteiger partial charge in [0, 0.05) is 6.42 Å². The molecule has 0 spiro atoms. The molecule has 2 aliphatic heterocycles. The minimum atomic E-state index is -2.07. The second-order valence-electron chi connectivity index (χ2n) is 9.77. The van der Waals surface area contributed by atoms with Crippen molar-refractivity contribution < 1.29 is 39.1 Å². The number of hydrogen-bond acceptors (Lipinski definition) is 9. The van der Waals surface area contributed by atoms with Crippen molar-refractivity contribution >= 4 is 11.9 Å². The van der Waals surface area contributed by atoms with E-state index in [4.69, 9.17) is 19.9 Å². The van der Waals surface area contributed by atoms with Crippen molar-refractivity contribution in [3.63, 3.8) is 0 Å². The molecule has 6 atom stereocenters. The summed E-state index contributed by atoms with van der Waals surface area (Å²) in [5.74, 6) is -3.69. The summed E-state index contributed by atoms with van der Waals surface area (Å²) < 4.78 is 16.2. The maximum absolute atomic E-state index is 12.6. The van der Waals surface area contributed by atoms with Crippen LogP contribution in [0.5, 0.6) is 0 Å². The van der Waals surface area contributed by atoms with Gasteiger partial charge in [-0.3, -0.25) is 4.79 Å². The molecule has 0 unspecified atom stereocenters. The molecule has 9 nitrogen and oxygen atoms in total. The van der Waals surface area contributed by atoms with E-state index in [0.29, 0.717) is 6.42 Å². The van der Waals surface area contributed by atoms with Crippen LogP contribution < -0.4 is 5.73 Å². The first-order valence-electron chi connectivity index (χ1n) is 13.2. The van der Waals surface area contributed by atoms with Crippen LogP contribution in [0.3, 0.4) is 0 Å². The Morgan fingerprint density at radius 1 is 1.06 bits per heavy atom. The highest BCUT2D eigenvalue weighted by molar-refractivity contribution is 5.83. The summed E-state index contributed by atoms with van der Waals surface area (Å²) in [6.45, 7) is 1.56. The lowest BCUT2D eigenvalue weighted by molar-refractivity contribution is -0.332. The molecule has 2 aliphatic rings. The Balaban J connectivity index is 1.64. The molecule has 5 N–H and O–H groups in total. The van der Waals surface area contributed by atoms with Gasteiger partial charge in [-0.05, 0) is 6.42 Å². The van der Waals surface area contributed by atoms with Gasteiger partial charge in [0.2, 0.25) is 0 Å². The van der Waals surface area contributed by atoms with Crippen LogP contribution in [0.4, 0.5) is 0 Å². The molecule has 9 heteroatoms. The van der Waals surface area contributed by atoms with E-state index in [9.17, 15) is 24.9 Å². The number of nitrogens with two attached hydrogens (primary N) is 1. The van der Waals surface area contributed by atoms with Crippen LogP contribution in [-0.4, -0.2) is 70.1 Å². The highest BCUT2D eigenvalue weighted by Crippen LogP contribution is 2.38. The number of unbranched alkanes of at least 4 members (excludes halogenated alkanes) is 12. The SMILES string of the molecule is CCCCCCCCCCCCCCCC(=O)O[C@@]12C[C@H](O)[C@@H](N)[C@H](O1)[C@@H]([C@H](O)CO)OC2=O. The lowest BCUT2D eigenvalue weighted by Crippen LogP contribution is -2.71. The minimum absolute atomic E-state index is 0.131. The summed E-state index contributed by atoms with van der Waals surface area (Å²) in [6, 6.07) is -0.966. The van der Waals surface area contributed by atoms with Crippen LogP contribution in [0, 0.1) is 0 Å². The van der Waals surface area contributed by atoms with Crippen molar-refractivity contribution in [3.8, 4) is 0 Å². The predicted octanol–water partition coefficient (Wildman–Crippen LogP) is 2.46. The average molecular weight is 488 g/mol. The van der Waals surface area contributed by atoms with Crippen molar-refractivity contribution in [3.05, 3.63) is 0 Å². The first-order chi connectivity index (χ1) is 16.3. The molecule has 34 heavy (non-hydrogen) atoms. The number of fused-ring (bicyclic) bond motifs is 2. The molecule has 2 fully saturated rings. The van der Waals surface area contributed by atoms with Crippen LogP contribution in [-0.2, 0) is 23.8 Å².